The van der Waals surface area contributed by atoms with Crippen LogP contribution in [-0.4, -0.2) is 4.57 Å². The molecule has 1 aliphatic heterocycles. The van der Waals surface area contributed by atoms with Crippen LogP contribution < -0.4 is 0 Å². The Bertz CT molecular complexity index is 2320. The summed E-state index contributed by atoms with van der Waals surface area (Å²) in [6.07, 6.45) is 0. The Morgan fingerprint density at radius 3 is 1.98 bits per heavy atom. The third kappa shape index (κ3) is 3.59. The highest BCUT2D eigenvalue weighted by Crippen LogP contribution is 2.48. The molecule has 1 aliphatic rings. The zero-order valence-corrected chi connectivity index (χ0v) is 23.6. The second-order valence-electron chi connectivity index (χ2n) is 11.0. The minimum atomic E-state index is 1.18. The van der Waals surface area contributed by atoms with Crippen molar-refractivity contribution in [3.8, 4) is 39.1 Å². The molecule has 0 bridgehead atoms. The van der Waals surface area contributed by atoms with Crippen LogP contribution in [-0.2, 0) is 0 Å². The van der Waals surface area contributed by atoms with Gasteiger partial charge in [0.05, 0.1) is 11.0 Å². The van der Waals surface area contributed by atoms with Crippen molar-refractivity contribution in [1.29, 1.82) is 0 Å². The Morgan fingerprint density at radius 2 is 1.10 bits per heavy atom. The quantitative estimate of drug-likeness (QED) is 0.211. The van der Waals surface area contributed by atoms with Crippen molar-refractivity contribution in [1.82, 2.24) is 4.57 Å². The molecule has 0 fully saturated rings. The zero-order chi connectivity index (χ0) is 27.6. The molecule has 2 heteroatoms. The van der Waals surface area contributed by atoms with E-state index in [1.54, 1.807) is 0 Å². The van der Waals surface area contributed by atoms with Crippen LogP contribution in [0.3, 0.4) is 0 Å². The molecule has 2 heterocycles. The van der Waals surface area contributed by atoms with Gasteiger partial charge in [-0.15, -0.1) is 0 Å². The minimum Gasteiger partial charge on any atom is -0.309 e. The zero-order valence-electron chi connectivity index (χ0n) is 22.8. The molecule has 0 N–H and O–H groups in total. The van der Waals surface area contributed by atoms with Gasteiger partial charge in [0.2, 0.25) is 0 Å². The fourth-order valence-corrected chi connectivity index (χ4v) is 7.76. The summed E-state index contributed by atoms with van der Waals surface area (Å²) >= 11 is 1.88. The van der Waals surface area contributed by atoms with E-state index < -0.39 is 0 Å². The van der Waals surface area contributed by atoms with E-state index in [1.165, 1.54) is 81.4 Å². The van der Waals surface area contributed by atoms with Gasteiger partial charge in [0, 0.05) is 31.6 Å². The van der Waals surface area contributed by atoms with E-state index in [9.17, 15) is 0 Å². The Hall–Kier alpha value is -5.05. The lowest BCUT2D eigenvalue weighted by Gasteiger charge is -2.21. The summed E-state index contributed by atoms with van der Waals surface area (Å²) in [5.41, 5.74) is 11.2. The second-order valence-corrected chi connectivity index (χ2v) is 12.1. The maximum Gasteiger partial charge on any atom is 0.0541 e. The first-order chi connectivity index (χ1) is 20.8. The lowest BCUT2D eigenvalue weighted by atomic mass is 9.93. The van der Waals surface area contributed by atoms with Crippen LogP contribution in [0, 0.1) is 0 Å². The van der Waals surface area contributed by atoms with E-state index in [4.69, 9.17) is 0 Å². The van der Waals surface area contributed by atoms with Gasteiger partial charge < -0.3 is 4.57 Å². The normalized spacial score (nSPS) is 12.2. The van der Waals surface area contributed by atoms with Crippen LogP contribution in [0.15, 0.2) is 161 Å². The van der Waals surface area contributed by atoms with E-state index in [-0.39, 0.29) is 0 Å². The molecule has 0 aliphatic carbocycles. The molecule has 9 rings (SSSR count). The Labute approximate surface area is 248 Å². The Balaban J connectivity index is 1.17. The van der Waals surface area contributed by atoms with Gasteiger partial charge in [-0.1, -0.05) is 109 Å². The van der Waals surface area contributed by atoms with E-state index in [0.29, 0.717) is 0 Å². The van der Waals surface area contributed by atoms with Crippen molar-refractivity contribution >= 4 is 44.3 Å². The number of hydrogen-bond acceptors (Lipinski definition) is 1. The van der Waals surface area contributed by atoms with Crippen molar-refractivity contribution in [2.24, 2.45) is 0 Å². The number of benzene rings is 7. The average Bonchev–Trinajstić information content (AvgIpc) is 3.39. The van der Waals surface area contributed by atoms with Crippen LogP contribution >= 0.6 is 11.8 Å². The van der Waals surface area contributed by atoms with Crippen LogP contribution in [0.4, 0.5) is 0 Å². The fourth-order valence-electron chi connectivity index (χ4n) is 6.63. The molecule has 0 unspecified atom stereocenters. The highest BCUT2D eigenvalue weighted by Gasteiger charge is 2.19. The summed E-state index contributed by atoms with van der Waals surface area (Å²) in [5, 5.41) is 5.22. The van der Waals surface area contributed by atoms with E-state index in [2.05, 4.69) is 156 Å². The first-order valence-electron chi connectivity index (χ1n) is 14.4. The first-order valence-corrected chi connectivity index (χ1v) is 15.2. The van der Waals surface area contributed by atoms with Crippen LogP contribution in [0.5, 0.6) is 0 Å². The number of rotatable bonds is 3. The van der Waals surface area contributed by atoms with Crippen molar-refractivity contribution in [2.45, 2.75) is 9.79 Å². The number of fused-ring (bicyclic) bond motifs is 5. The Kier molecular flexibility index (Phi) is 5.20. The Morgan fingerprint density at radius 1 is 0.405 bits per heavy atom. The summed E-state index contributed by atoms with van der Waals surface area (Å²) in [6.45, 7) is 0. The molecular weight excluding hydrogens is 527 g/mol. The van der Waals surface area contributed by atoms with Crippen molar-refractivity contribution in [3.05, 3.63) is 152 Å². The van der Waals surface area contributed by atoms with E-state index in [1.807, 2.05) is 11.8 Å². The van der Waals surface area contributed by atoms with Crippen LogP contribution in [0.2, 0.25) is 0 Å². The lowest BCUT2D eigenvalue weighted by Crippen LogP contribution is -1.93. The SMILES string of the molecule is c1ccc(-n2c3ccccc3c3cc(-c4cccc(-c5ccc6c(c5)-c5cccc7cccc(c57)S6)c4)ccc32)cc1. The third-order valence-corrected chi connectivity index (χ3v) is 9.71. The third-order valence-electron chi connectivity index (χ3n) is 8.57. The van der Waals surface area contributed by atoms with Gasteiger partial charge in [-0.3, -0.25) is 0 Å². The van der Waals surface area contributed by atoms with E-state index in [0.717, 1.165) is 0 Å². The van der Waals surface area contributed by atoms with Gasteiger partial charge in [0.25, 0.3) is 0 Å². The summed E-state index contributed by atoms with van der Waals surface area (Å²) in [6, 6.07) is 55.5. The van der Waals surface area contributed by atoms with Crippen LogP contribution in [0.25, 0.3) is 71.6 Å². The molecule has 0 amide bonds. The van der Waals surface area contributed by atoms with Crippen molar-refractivity contribution in [3.63, 3.8) is 0 Å². The number of nitrogens with zero attached hydrogens (tertiary/aromatic N) is 1. The van der Waals surface area contributed by atoms with Crippen LogP contribution in [0.1, 0.15) is 0 Å². The van der Waals surface area contributed by atoms with Gasteiger partial charge in [0.1, 0.15) is 0 Å². The smallest absolute Gasteiger partial charge is 0.0541 e. The summed E-state index contributed by atoms with van der Waals surface area (Å²) in [4.78, 5) is 2.66. The maximum absolute atomic E-state index is 2.38. The molecule has 7 aromatic carbocycles. The highest BCUT2D eigenvalue weighted by molar-refractivity contribution is 7.99. The van der Waals surface area contributed by atoms with E-state index >= 15 is 0 Å². The maximum atomic E-state index is 2.38. The second kappa shape index (κ2) is 9.24. The molecule has 1 aromatic heterocycles. The first kappa shape index (κ1) is 23.6. The molecule has 0 saturated carbocycles. The molecule has 0 spiro atoms. The van der Waals surface area contributed by atoms with Crippen molar-refractivity contribution < 1.29 is 0 Å². The summed E-state index contributed by atoms with van der Waals surface area (Å²) < 4.78 is 2.37. The van der Waals surface area contributed by atoms with Gasteiger partial charge in [0.15, 0.2) is 0 Å². The number of hydrogen-bond donors (Lipinski definition) is 0. The monoisotopic (exact) mass is 551 g/mol. The fraction of sp³-hybridized carbons (Fsp3) is 0. The predicted molar refractivity (Wildman–Crippen MR) is 179 cm³/mol. The highest BCUT2D eigenvalue weighted by atomic mass is 32.2. The molecule has 0 radical (unpaired) electrons. The molecular formula is C40H25NS. The molecule has 0 saturated heterocycles. The van der Waals surface area contributed by atoms with Gasteiger partial charge in [-0.2, -0.15) is 0 Å². The molecule has 1 nitrogen and oxygen atoms in total. The number of para-hydroxylation sites is 2. The number of aromatic nitrogens is 1. The molecule has 196 valence electrons. The summed E-state index contributed by atoms with van der Waals surface area (Å²) in [7, 11) is 0. The minimum absolute atomic E-state index is 1.18. The topological polar surface area (TPSA) is 4.93 Å². The average molecular weight is 552 g/mol. The molecule has 42 heavy (non-hydrogen) atoms. The lowest BCUT2D eigenvalue weighted by molar-refractivity contribution is 1.18. The van der Waals surface area contributed by atoms with Gasteiger partial charge in [-0.25, -0.2) is 0 Å². The van der Waals surface area contributed by atoms with Gasteiger partial charge in [-0.05, 0) is 93.4 Å². The summed E-state index contributed by atoms with van der Waals surface area (Å²) in [5.74, 6) is 0. The predicted octanol–water partition coefficient (Wildman–Crippen LogP) is 11.4. The standard InChI is InChI=1S/C40H25NS/c1-2-13-31(14-3-1)41-36-17-5-4-15-32(36)34-24-29(19-21-37(34)41)27-11-6-12-28(23-27)30-20-22-38-35(25-30)33-16-7-9-26-10-8-18-39(42-38)40(26)33/h1-25H. The van der Waals surface area contributed by atoms with Gasteiger partial charge >= 0.3 is 0 Å². The molecule has 8 aromatic rings. The largest absolute Gasteiger partial charge is 0.309 e. The van der Waals surface area contributed by atoms with Crippen molar-refractivity contribution in [2.75, 3.05) is 0 Å². The molecule has 0 atom stereocenters.